The lowest BCUT2D eigenvalue weighted by Gasteiger charge is -2.51. The van der Waals surface area contributed by atoms with Gasteiger partial charge < -0.3 is 9.47 Å². The maximum atomic E-state index is 6.30. The van der Waals surface area contributed by atoms with E-state index < -0.39 is 5.79 Å². The molecule has 0 aromatic carbocycles. The van der Waals surface area contributed by atoms with Crippen molar-refractivity contribution < 1.29 is 9.47 Å². The summed E-state index contributed by atoms with van der Waals surface area (Å²) in [5.41, 5.74) is 0.407. The van der Waals surface area contributed by atoms with Crippen LogP contribution in [0.3, 0.4) is 0 Å². The number of rotatable bonds is 0. The molecule has 1 aliphatic heterocycles. The fraction of sp³-hybridized carbons (Fsp3) is 1.00. The van der Waals surface area contributed by atoms with Gasteiger partial charge in [-0.1, -0.05) is 20.8 Å². The highest BCUT2D eigenvalue weighted by Gasteiger charge is 2.62. The minimum Gasteiger partial charge on any atom is -0.344 e. The lowest BCUT2D eigenvalue weighted by atomic mass is 9.56. The van der Waals surface area contributed by atoms with Gasteiger partial charge in [-0.3, -0.25) is 0 Å². The van der Waals surface area contributed by atoms with Crippen molar-refractivity contribution in [2.24, 2.45) is 23.2 Å². The van der Waals surface area contributed by atoms with Gasteiger partial charge in [0, 0.05) is 0 Å². The van der Waals surface area contributed by atoms with Gasteiger partial charge in [0.2, 0.25) is 0 Å². The molecule has 0 amide bonds. The van der Waals surface area contributed by atoms with Crippen LogP contribution < -0.4 is 0 Å². The van der Waals surface area contributed by atoms with Crippen LogP contribution in [0.1, 0.15) is 67.2 Å². The van der Waals surface area contributed by atoms with Gasteiger partial charge in [-0.2, -0.15) is 0 Å². The molecule has 1 spiro atoms. The van der Waals surface area contributed by atoms with Crippen LogP contribution in [-0.4, -0.2) is 17.5 Å². The van der Waals surface area contributed by atoms with Crippen LogP contribution in [0.2, 0.25) is 0 Å². The molecule has 2 saturated carbocycles. The first-order valence-corrected chi connectivity index (χ1v) is 8.07. The average Bonchev–Trinajstić information content (AvgIpc) is 2.68. The molecular formula is C17H30O2. The van der Waals surface area contributed by atoms with E-state index in [1.807, 2.05) is 0 Å². The van der Waals surface area contributed by atoms with E-state index in [1.54, 1.807) is 0 Å². The zero-order valence-corrected chi connectivity index (χ0v) is 13.5. The van der Waals surface area contributed by atoms with Crippen molar-refractivity contribution in [2.75, 3.05) is 0 Å². The topological polar surface area (TPSA) is 18.5 Å². The maximum Gasteiger partial charge on any atom is 0.164 e. The molecule has 3 rings (SSSR count). The molecule has 3 fully saturated rings. The predicted octanol–water partition coefficient (Wildman–Crippen LogP) is 4.38. The fourth-order valence-corrected chi connectivity index (χ4v) is 5.31. The van der Waals surface area contributed by atoms with E-state index >= 15 is 0 Å². The van der Waals surface area contributed by atoms with Gasteiger partial charge in [-0.25, -0.2) is 0 Å². The summed E-state index contributed by atoms with van der Waals surface area (Å²) in [5, 5.41) is 0. The van der Waals surface area contributed by atoms with E-state index in [-0.39, 0.29) is 11.7 Å². The second-order valence-corrected chi connectivity index (χ2v) is 8.21. The van der Waals surface area contributed by atoms with Crippen LogP contribution in [0.5, 0.6) is 0 Å². The monoisotopic (exact) mass is 266 g/mol. The third kappa shape index (κ3) is 1.82. The summed E-state index contributed by atoms with van der Waals surface area (Å²) in [6, 6.07) is 0. The molecule has 0 aromatic rings. The van der Waals surface area contributed by atoms with E-state index in [2.05, 4.69) is 41.5 Å². The van der Waals surface area contributed by atoms with Gasteiger partial charge in [-0.05, 0) is 69.6 Å². The second kappa shape index (κ2) is 3.98. The number of hydrogen-bond donors (Lipinski definition) is 0. The van der Waals surface area contributed by atoms with Crippen molar-refractivity contribution in [3.63, 3.8) is 0 Å². The highest BCUT2D eigenvalue weighted by Crippen LogP contribution is 2.62. The molecule has 1 heterocycles. The Hall–Kier alpha value is -0.0800. The normalized spacial score (nSPS) is 51.5. The molecule has 0 aromatic heterocycles. The summed E-state index contributed by atoms with van der Waals surface area (Å²) >= 11 is 0. The molecular weight excluding hydrogens is 236 g/mol. The zero-order chi connectivity index (χ0) is 14.1. The minimum absolute atomic E-state index is 0.0865. The standard InChI is InChI=1S/C17H30O2/c1-11-7-8-12(2)17(11)9-13(3)16(6)14(10-17)18-15(4,5)19-16/h11-14H,7-10H2,1-6H3/t11-,12-,13+,14-,16-/m1/s1. The Morgan fingerprint density at radius 1 is 0.842 bits per heavy atom. The molecule has 3 aliphatic rings. The molecule has 2 nitrogen and oxygen atoms in total. The molecule has 2 heteroatoms. The van der Waals surface area contributed by atoms with Gasteiger partial charge >= 0.3 is 0 Å². The Balaban J connectivity index is 1.93. The number of hydrogen-bond acceptors (Lipinski definition) is 2. The van der Waals surface area contributed by atoms with Crippen LogP contribution in [0.25, 0.3) is 0 Å². The number of fused-ring (bicyclic) bond motifs is 1. The molecule has 0 N–H and O–H groups in total. The Labute approximate surface area is 118 Å². The van der Waals surface area contributed by atoms with Gasteiger partial charge in [0.25, 0.3) is 0 Å². The molecule has 0 radical (unpaired) electrons. The largest absolute Gasteiger partial charge is 0.344 e. The lowest BCUT2D eigenvalue weighted by molar-refractivity contribution is -0.169. The SMILES string of the molecule is C[C@@H]1CC[C@@H](C)C12C[C@H](C)[C@@]1(C)OC(C)(C)O[C@@H]1C2. The first kappa shape index (κ1) is 13.9. The highest BCUT2D eigenvalue weighted by atomic mass is 16.8. The van der Waals surface area contributed by atoms with E-state index in [9.17, 15) is 0 Å². The highest BCUT2D eigenvalue weighted by molar-refractivity contribution is 5.09. The lowest BCUT2D eigenvalue weighted by Crippen LogP contribution is -2.54. The van der Waals surface area contributed by atoms with Gasteiger partial charge in [0.15, 0.2) is 5.79 Å². The van der Waals surface area contributed by atoms with Gasteiger partial charge in [0.05, 0.1) is 11.7 Å². The fourth-order valence-electron chi connectivity index (χ4n) is 5.31. The first-order valence-electron chi connectivity index (χ1n) is 8.07. The van der Waals surface area contributed by atoms with Crippen LogP contribution >= 0.6 is 0 Å². The summed E-state index contributed by atoms with van der Waals surface area (Å²) in [7, 11) is 0. The molecule has 19 heavy (non-hydrogen) atoms. The van der Waals surface area contributed by atoms with E-state index in [4.69, 9.17) is 9.47 Å². The van der Waals surface area contributed by atoms with Crippen molar-refractivity contribution >= 4 is 0 Å². The summed E-state index contributed by atoms with van der Waals surface area (Å²) in [4.78, 5) is 0. The summed E-state index contributed by atoms with van der Waals surface area (Å²) in [5.74, 6) is 1.84. The summed E-state index contributed by atoms with van der Waals surface area (Å²) in [6.07, 6.45) is 5.55. The van der Waals surface area contributed by atoms with Crippen LogP contribution in [0.4, 0.5) is 0 Å². The van der Waals surface area contributed by atoms with Crippen molar-refractivity contribution in [1.82, 2.24) is 0 Å². The molecule has 110 valence electrons. The van der Waals surface area contributed by atoms with Crippen molar-refractivity contribution in [2.45, 2.75) is 84.7 Å². The van der Waals surface area contributed by atoms with Crippen LogP contribution in [-0.2, 0) is 9.47 Å². The van der Waals surface area contributed by atoms with Gasteiger partial charge in [0.1, 0.15) is 0 Å². The smallest absolute Gasteiger partial charge is 0.164 e. The molecule has 2 aliphatic carbocycles. The Bertz CT molecular complexity index is 365. The third-order valence-electron chi connectivity index (χ3n) is 6.76. The number of ether oxygens (including phenoxy) is 2. The summed E-state index contributed by atoms with van der Waals surface area (Å²) in [6.45, 7) is 13.7. The quantitative estimate of drug-likeness (QED) is 0.648. The van der Waals surface area contributed by atoms with E-state index in [1.165, 1.54) is 25.7 Å². The van der Waals surface area contributed by atoms with E-state index in [0.717, 1.165) is 11.8 Å². The Kier molecular flexibility index (Phi) is 2.91. The minimum atomic E-state index is -0.412. The molecule has 0 unspecified atom stereocenters. The maximum absolute atomic E-state index is 6.30. The van der Waals surface area contributed by atoms with E-state index in [0.29, 0.717) is 11.3 Å². The van der Waals surface area contributed by atoms with Gasteiger partial charge in [-0.15, -0.1) is 0 Å². The molecule has 1 saturated heterocycles. The van der Waals surface area contributed by atoms with Crippen molar-refractivity contribution in [1.29, 1.82) is 0 Å². The van der Waals surface area contributed by atoms with Crippen molar-refractivity contribution in [3.05, 3.63) is 0 Å². The third-order valence-corrected chi connectivity index (χ3v) is 6.76. The predicted molar refractivity (Wildman–Crippen MR) is 76.8 cm³/mol. The Morgan fingerprint density at radius 2 is 1.42 bits per heavy atom. The molecule has 0 bridgehead atoms. The zero-order valence-electron chi connectivity index (χ0n) is 13.5. The average molecular weight is 266 g/mol. The van der Waals surface area contributed by atoms with Crippen LogP contribution in [0.15, 0.2) is 0 Å². The first-order chi connectivity index (χ1) is 8.70. The Morgan fingerprint density at radius 3 is 2.00 bits per heavy atom. The molecule has 5 atom stereocenters. The second-order valence-electron chi connectivity index (χ2n) is 8.21. The summed E-state index contributed by atoms with van der Waals surface area (Å²) < 4.78 is 12.6. The van der Waals surface area contributed by atoms with Crippen LogP contribution in [0, 0.1) is 23.2 Å². The van der Waals surface area contributed by atoms with Crippen molar-refractivity contribution in [3.8, 4) is 0 Å².